The highest BCUT2D eigenvalue weighted by Crippen LogP contribution is 2.40. The largest absolute Gasteiger partial charge is 0.453 e. The molecule has 1 N–H and O–H groups in total. The Bertz CT molecular complexity index is 781. The van der Waals surface area contributed by atoms with Crippen molar-refractivity contribution in [2.24, 2.45) is 0 Å². The summed E-state index contributed by atoms with van der Waals surface area (Å²) in [7, 11) is 1.35. The number of nitrogens with one attached hydrogen (secondary N) is 1. The predicted molar refractivity (Wildman–Crippen MR) is 89.6 cm³/mol. The fourth-order valence-electron chi connectivity index (χ4n) is 3.14. The lowest BCUT2D eigenvalue weighted by atomic mass is 9.86. The van der Waals surface area contributed by atoms with Gasteiger partial charge >= 0.3 is 6.09 Å². The van der Waals surface area contributed by atoms with Gasteiger partial charge in [0.15, 0.2) is 0 Å². The second-order valence-corrected chi connectivity index (χ2v) is 6.59. The smallest absolute Gasteiger partial charge is 0.409 e. The molecule has 2 atom stereocenters. The Labute approximate surface area is 148 Å². The van der Waals surface area contributed by atoms with Crippen molar-refractivity contribution in [1.29, 1.82) is 0 Å². The summed E-state index contributed by atoms with van der Waals surface area (Å²) < 4.78 is 10.1. The molecule has 1 aromatic heterocycles. The van der Waals surface area contributed by atoms with E-state index in [-0.39, 0.29) is 17.5 Å². The van der Waals surface area contributed by atoms with Crippen molar-refractivity contribution in [1.82, 2.24) is 10.1 Å². The molecule has 1 fully saturated rings. The van der Waals surface area contributed by atoms with E-state index in [0.29, 0.717) is 35.2 Å². The Morgan fingerprint density at radius 2 is 2.00 bits per heavy atom. The number of aromatic amines is 1. The molecule has 0 aliphatic carbocycles. The second-order valence-electron chi connectivity index (χ2n) is 5.72. The van der Waals surface area contributed by atoms with E-state index in [0.717, 1.165) is 5.56 Å². The van der Waals surface area contributed by atoms with Crippen LogP contribution in [0.5, 0.6) is 0 Å². The van der Waals surface area contributed by atoms with Crippen molar-refractivity contribution < 1.29 is 14.1 Å². The number of carbonyl (C=O) groups is 1. The number of nitrogens with zero attached hydrogens (tertiary/aromatic N) is 1. The summed E-state index contributed by atoms with van der Waals surface area (Å²) in [6.07, 6.45) is 0.831. The van der Waals surface area contributed by atoms with Gasteiger partial charge in [0, 0.05) is 28.6 Å². The molecule has 24 heavy (non-hydrogen) atoms. The van der Waals surface area contributed by atoms with E-state index in [9.17, 15) is 9.59 Å². The number of piperidine rings is 1. The molecule has 0 saturated carbocycles. The third-order valence-electron chi connectivity index (χ3n) is 4.23. The number of likely N-dealkylation sites (tertiary alicyclic amines) is 1. The summed E-state index contributed by atoms with van der Waals surface area (Å²) >= 11 is 12.2. The van der Waals surface area contributed by atoms with Gasteiger partial charge in [-0.25, -0.2) is 4.79 Å². The van der Waals surface area contributed by atoms with Crippen LogP contribution in [0.25, 0.3) is 0 Å². The number of benzene rings is 1. The fourth-order valence-corrected chi connectivity index (χ4v) is 3.68. The molecule has 1 aliphatic heterocycles. The molecule has 8 heteroatoms. The van der Waals surface area contributed by atoms with Crippen LogP contribution in [0.1, 0.15) is 36.1 Å². The molecular formula is C16H16Cl2N2O4. The number of H-pyrrole nitrogens is 1. The van der Waals surface area contributed by atoms with Gasteiger partial charge in [0.2, 0.25) is 0 Å². The first-order valence-corrected chi connectivity index (χ1v) is 8.22. The van der Waals surface area contributed by atoms with Crippen molar-refractivity contribution >= 4 is 29.3 Å². The average molecular weight is 371 g/mol. The standard InChI is InChI=1S/C16H16Cl2N2O4/c1-23-16(22)20-3-2-9(14-8-15(21)19-24-14)6-13(20)10-4-11(17)7-12(18)5-10/h4-5,7-9,13H,2-3,6H2,1H3,(H,19,21)/t9-,13+/m0/s1. The van der Waals surface area contributed by atoms with Crippen LogP contribution in [-0.2, 0) is 4.74 Å². The number of aromatic nitrogens is 1. The topological polar surface area (TPSA) is 75.5 Å². The van der Waals surface area contributed by atoms with Crippen LogP contribution in [0.15, 0.2) is 33.6 Å². The van der Waals surface area contributed by atoms with Gasteiger partial charge in [0.1, 0.15) is 5.76 Å². The summed E-state index contributed by atoms with van der Waals surface area (Å²) in [6.45, 7) is 0.473. The van der Waals surface area contributed by atoms with E-state index in [1.54, 1.807) is 23.1 Å². The molecule has 128 valence electrons. The minimum absolute atomic E-state index is 0.00705. The van der Waals surface area contributed by atoms with Gasteiger partial charge in [-0.2, -0.15) is 5.16 Å². The van der Waals surface area contributed by atoms with Crippen LogP contribution in [0, 0.1) is 0 Å². The Balaban J connectivity index is 1.94. The zero-order chi connectivity index (χ0) is 17.3. The third kappa shape index (κ3) is 3.44. The quantitative estimate of drug-likeness (QED) is 0.867. The van der Waals surface area contributed by atoms with Crippen LogP contribution in [0.4, 0.5) is 4.79 Å². The van der Waals surface area contributed by atoms with Crippen molar-refractivity contribution in [3.8, 4) is 0 Å². The molecule has 6 nitrogen and oxygen atoms in total. The lowest BCUT2D eigenvalue weighted by molar-refractivity contribution is 0.0815. The molecule has 1 aromatic carbocycles. The highest BCUT2D eigenvalue weighted by atomic mass is 35.5. The van der Waals surface area contributed by atoms with Crippen LogP contribution in [0.2, 0.25) is 10.0 Å². The first-order valence-electron chi connectivity index (χ1n) is 7.47. The van der Waals surface area contributed by atoms with Gasteiger partial charge in [-0.15, -0.1) is 0 Å². The van der Waals surface area contributed by atoms with Crippen LogP contribution < -0.4 is 5.56 Å². The first kappa shape index (κ1) is 16.9. The van der Waals surface area contributed by atoms with E-state index < -0.39 is 6.09 Å². The van der Waals surface area contributed by atoms with Crippen molar-refractivity contribution in [2.75, 3.05) is 13.7 Å². The lowest BCUT2D eigenvalue weighted by Gasteiger charge is -2.38. The maximum absolute atomic E-state index is 12.1. The van der Waals surface area contributed by atoms with Crippen LogP contribution >= 0.6 is 23.2 Å². The molecule has 1 saturated heterocycles. The minimum Gasteiger partial charge on any atom is -0.453 e. The monoisotopic (exact) mass is 370 g/mol. The predicted octanol–water partition coefficient (Wildman–Crippen LogP) is 3.96. The van der Waals surface area contributed by atoms with E-state index in [2.05, 4.69) is 5.16 Å². The number of amides is 1. The first-order chi connectivity index (χ1) is 11.5. The number of carbonyl (C=O) groups excluding carboxylic acids is 1. The number of halogens is 2. The Morgan fingerprint density at radius 1 is 1.29 bits per heavy atom. The molecular weight excluding hydrogens is 355 g/mol. The lowest BCUT2D eigenvalue weighted by Crippen LogP contribution is -2.40. The summed E-state index contributed by atoms with van der Waals surface area (Å²) in [6, 6.07) is 6.38. The fraction of sp³-hybridized carbons (Fsp3) is 0.375. The zero-order valence-electron chi connectivity index (χ0n) is 12.9. The molecule has 0 spiro atoms. The van der Waals surface area contributed by atoms with Crippen molar-refractivity contribution in [2.45, 2.75) is 24.8 Å². The average Bonchev–Trinajstić information content (AvgIpc) is 2.99. The van der Waals surface area contributed by atoms with Gasteiger partial charge in [-0.3, -0.25) is 4.79 Å². The maximum Gasteiger partial charge on any atom is 0.409 e. The number of hydrogen-bond donors (Lipinski definition) is 1. The Morgan fingerprint density at radius 3 is 2.58 bits per heavy atom. The maximum atomic E-state index is 12.1. The van der Waals surface area contributed by atoms with Gasteiger partial charge in [0.05, 0.1) is 13.2 Å². The summed E-state index contributed by atoms with van der Waals surface area (Å²) in [5.41, 5.74) is 0.545. The Hall–Kier alpha value is -1.92. The van der Waals surface area contributed by atoms with E-state index in [1.807, 2.05) is 0 Å². The minimum atomic E-state index is -0.412. The number of ether oxygens (including phenoxy) is 1. The van der Waals surface area contributed by atoms with Gasteiger partial charge in [0.25, 0.3) is 5.56 Å². The summed E-state index contributed by atoms with van der Waals surface area (Å²) in [5.74, 6) is 0.593. The molecule has 1 aliphatic rings. The molecule has 0 bridgehead atoms. The Kier molecular flexibility index (Phi) is 4.87. The van der Waals surface area contributed by atoms with Gasteiger partial charge < -0.3 is 14.2 Å². The summed E-state index contributed by atoms with van der Waals surface area (Å²) in [4.78, 5) is 25.1. The molecule has 2 aromatic rings. The van der Waals surface area contributed by atoms with Crippen LogP contribution in [0.3, 0.4) is 0 Å². The van der Waals surface area contributed by atoms with Crippen molar-refractivity contribution in [3.05, 3.63) is 56.0 Å². The number of rotatable bonds is 2. The highest BCUT2D eigenvalue weighted by molar-refractivity contribution is 6.34. The van der Waals surface area contributed by atoms with Gasteiger partial charge in [-0.1, -0.05) is 23.2 Å². The second kappa shape index (κ2) is 6.91. The molecule has 0 unspecified atom stereocenters. The number of methoxy groups -OCH3 is 1. The third-order valence-corrected chi connectivity index (χ3v) is 4.66. The highest BCUT2D eigenvalue weighted by Gasteiger charge is 2.35. The van der Waals surface area contributed by atoms with Crippen molar-refractivity contribution in [3.63, 3.8) is 0 Å². The molecule has 2 heterocycles. The van der Waals surface area contributed by atoms with E-state index in [4.69, 9.17) is 32.5 Å². The van der Waals surface area contributed by atoms with E-state index in [1.165, 1.54) is 13.2 Å². The summed E-state index contributed by atoms with van der Waals surface area (Å²) in [5, 5.41) is 3.30. The molecule has 1 amide bonds. The zero-order valence-corrected chi connectivity index (χ0v) is 14.4. The van der Waals surface area contributed by atoms with Gasteiger partial charge in [-0.05, 0) is 36.6 Å². The van der Waals surface area contributed by atoms with E-state index >= 15 is 0 Å². The van der Waals surface area contributed by atoms with Crippen LogP contribution in [-0.4, -0.2) is 29.8 Å². The SMILES string of the molecule is COC(=O)N1CC[C@H](c2cc(=O)[nH]o2)C[C@@H]1c1cc(Cl)cc(Cl)c1. The number of hydrogen-bond acceptors (Lipinski definition) is 4. The molecule has 0 radical (unpaired) electrons. The normalized spacial score (nSPS) is 20.9. The molecule has 3 rings (SSSR count).